The number of hydrogen-bond acceptors (Lipinski definition) is 2. The van der Waals surface area contributed by atoms with Crippen LogP contribution < -0.4 is 0 Å². The molecule has 3 aromatic heterocycles. The fourth-order valence-electron chi connectivity index (χ4n) is 7.35. The van der Waals surface area contributed by atoms with E-state index in [1.165, 1.54) is 75.0 Å². The van der Waals surface area contributed by atoms with Gasteiger partial charge < -0.3 is 0 Å². The van der Waals surface area contributed by atoms with Gasteiger partial charge in [0.25, 0.3) is 0 Å². The molecule has 2 nitrogen and oxygen atoms in total. The van der Waals surface area contributed by atoms with Crippen LogP contribution in [0.2, 0.25) is 0 Å². The van der Waals surface area contributed by atoms with Gasteiger partial charge in [0.2, 0.25) is 0 Å². The molecule has 7 aromatic carbocycles. The number of benzene rings is 7. The largest absolute Gasteiger partial charge is 0.292 e. The molecule has 0 atom stereocenters. The predicted molar refractivity (Wildman–Crippen MR) is 197 cm³/mol. The van der Waals surface area contributed by atoms with Crippen molar-refractivity contribution in [3.63, 3.8) is 0 Å². The molecule has 0 bridgehead atoms. The summed E-state index contributed by atoms with van der Waals surface area (Å²) in [5.74, 6) is 0.932. The summed E-state index contributed by atoms with van der Waals surface area (Å²) in [6.45, 7) is 0. The molecule has 0 radical (unpaired) electrons. The molecule has 0 saturated heterocycles. The van der Waals surface area contributed by atoms with Gasteiger partial charge >= 0.3 is 0 Å². The van der Waals surface area contributed by atoms with Crippen LogP contribution in [0.25, 0.3) is 91.7 Å². The molecule has 10 rings (SSSR count). The highest BCUT2D eigenvalue weighted by atomic mass is 32.1. The van der Waals surface area contributed by atoms with Crippen molar-refractivity contribution >= 4 is 75.0 Å². The number of para-hydroxylation sites is 2. The minimum absolute atomic E-state index is 0.932. The van der Waals surface area contributed by atoms with Gasteiger partial charge in [-0.1, -0.05) is 133 Å². The van der Waals surface area contributed by atoms with Crippen LogP contribution in [0.3, 0.4) is 0 Å². The normalized spacial score (nSPS) is 11.9. The van der Waals surface area contributed by atoms with Gasteiger partial charge in [0.05, 0.1) is 21.3 Å². The lowest BCUT2D eigenvalue weighted by Gasteiger charge is -2.14. The number of thiophene rings is 1. The molecule has 0 N–H and O–H groups in total. The van der Waals surface area contributed by atoms with Crippen molar-refractivity contribution in [1.29, 1.82) is 0 Å². The minimum Gasteiger partial charge on any atom is -0.292 e. The molecular formula is C43H26N2S. The van der Waals surface area contributed by atoms with E-state index in [0.717, 1.165) is 16.7 Å². The lowest BCUT2D eigenvalue weighted by molar-refractivity contribution is 1.11. The predicted octanol–water partition coefficient (Wildman–Crippen LogP) is 12.2. The van der Waals surface area contributed by atoms with Crippen LogP contribution in [0.15, 0.2) is 158 Å². The highest BCUT2D eigenvalue weighted by Crippen LogP contribution is 2.48. The van der Waals surface area contributed by atoms with Gasteiger partial charge in [-0.15, -0.1) is 11.3 Å². The number of fused-ring (bicyclic) bond motifs is 11. The van der Waals surface area contributed by atoms with Crippen LogP contribution in [-0.2, 0) is 0 Å². The molecule has 0 unspecified atom stereocenters. The zero-order chi connectivity index (χ0) is 30.2. The average Bonchev–Trinajstić information content (AvgIpc) is 3.69. The Morgan fingerprint density at radius 2 is 1.04 bits per heavy atom. The summed E-state index contributed by atoms with van der Waals surface area (Å²) in [5.41, 5.74) is 8.17. The van der Waals surface area contributed by atoms with Gasteiger partial charge in [0.15, 0.2) is 0 Å². The Kier molecular flexibility index (Phi) is 5.48. The van der Waals surface area contributed by atoms with Crippen LogP contribution >= 0.6 is 11.3 Å². The second-order valence-corrected chi connectivity index (χ2v) is 13.0. The maximum atomic E-state index is 5.38. The van der Waals surface area contributed by atoms with Gasteiger partial charge in [-0.05, 0) is 57.3 Å². The monoisotopic (exact) mass is 602 g/mol. The molecule has 0 saturated carbocycles. The summed E-state index contributed by atoms with van der Waals surface area (Å²) in [5, 5.41) is 8.90. The Morgan fingerprint density at radius 3 is 1.85 bits per heavy atom. The number of aromatic nitrogens is 2. The van der Waals surface area contributed by atoms with Crippen molar-refractivity contribution in [2.24, 2.45) is 0 Å². The molecule has 0 spiro atoms. The van der Waals surface area contributed by atoms with E-state index in [4.69, 9.17) is 4.98 Å². The van der Waals surface area contributed by atoms with Gasteiger partial charge in [-0.2, -0.15) is 0 Å². The van der Waals surface area contributed by atoms with E-state index < -0.39 is 0 Å². The highest BCUT2D eigenvalue weighted by molar-refractivity contribution is 7.27. The summed E-state index contributed by atoms with van der Waals surface area (Å²) in [6.07, 6.45) is 0. The lowest BCUT2D eigenvalue weighted by atomic mass is 9.98. The van der Waals surface area contributed by atoms with Crippen molar-refractivity contribution in [3.05, 3.63) is 158 Å². The molecule has 0 amide bonds. The standard InChI is InChI=1S/C43H26N2S/c1-2-12-27(13-3-1)28-22-24-29(25-23-28)35-26-39(44-36-19-9-6-14-30(35)36)45-37-20-10-7-17-33(37)40-31-15-4-5-16-32(31)41-34-18-8-11-21-38(34)46-43(41)42(40)45/h1-26H. The van der Waals surface area contributed by atoms with Crippen molar-refractivity contribution < 1.29 is 0 Å². The van der Waals surface area contributed by atoms with Crippen LogP contribution in [-0.4, -0.2) is 9.55 Å². The molecule has 3 heteroatoms. The maximum absolute atomic E-state index is 5.38. The van der Waals surface area contributed by atoms with E-state index in [1.54, 1.807) is 0 Å². The van der Waals surface area contributed by atoms with E-state index in [0.29, 0.717) is 0 Å². The van der Waals surface area contributed by atoms with E-state index in [1.807, 2.05) is 11.3 Å². The van der Waals surface area contributed by atoms with Gasteiger partial charge in [0, 0.05) is 31.6 Å². The first-order valence-electron chi connectivity index (χ1n) is 15.6. The zero-order valence-corrected chi connectivity index (χ0v) is 25.6. The highest BCUT2D eigenvalue weighted by Gasteiger charge is 2.22. The third-order valence-corrected chi connectivity index (χ3v) is 10.6. The Bertz CT molecular complexity index is 2790. The summed E-state index contributed by atoms with van der Waals surface area (Å²) >= 11 is 1.89. The van der Waals surface area contributed by atoms with E-state index in [9.17, 15) is 0 Å². The van der Waals surface area contributed by atoms with Gasteiger partial charge in [0.1, 0.15) is 5.82 Å². The molecule has 0 fully saturated rings. The fourth-order valence-corrected chi connectivity index (χ4v) is 8.61. The summed E-state index contributed by atoms with van der Waals surface area (Å²) in [4.78, 5) is 5.38. The molecule has 0 aliphatic carbocycles. The summed E-state index contributed by atoms with van der Waals surface area (Å²) < 4.78 is 5.02. The second kappa shape index (κ2) is 9.87. The van der Waals surface area contributed by atoms with Crippen LogP contribution in [0.4, 0.5) is 0 Å². The molecule has 0 aliphatic heterocycles. The Balaban J connectivity index is 1.33. The topological polar surface area (TPSA) is 17.8 Å². The van der Waals surface area contributed by atoms with Crippen molar-refractivity contribution in [1.82, 2.24) is 9.55 Å². The Hall–Kier alpha value is -5.77. The number of nitrogens with zero attached hydrogens (tertiary/aromatic N) is 2. The summed E-state index contributed by atoms with van der Waals surface area (Å²) in [6, 6.07) is 56.9. The fraction of sp³-hybridized carbons (Fsp3) is 0. The quantitative estimate of drug-likeness (QED) is 0.197. The van der Waals surface area contributed by atoms with Crippen molar-refractivity contribution in [3.8, 4) is 28.1 Å². The van der Waals surface area contributed by atoms with Crippen molar-refractivity contribution in [2.45, 2.75) is 0 Å². The van der Waals surface area contributed by atoms with E-state index in [-0.39, 0.29) is 0 Å². The lowest BCUT2D eigenvalue weighted by Crippen LogP contribution is -1.99. The molecule has 10 aromatic rings. The number of pyridine rings is 1. The van der Waals surface area contributed by atoms with E-state index >= 15 is 0 Å². The van der Waals surface area contributed by atoms with Crippen molar-refractivity contribution in [2.75, 3.05) is 0 Å². The molecule has 3 heterocycles. The molecule has 214 valence electrons. The minimum atomic E-state index is 0.932. The Labute approximate surface area is 269 Å². The third-order valence-electron chi connectivity index (χ3n) is 9.39. The molecule has 46 heavy (non-hydrogen) atoms. The second-order valence-electron chi connectivity index (χ2n) is 11.9. The van der Waals surface area contributed by atoms with Crippen LogP contribution in [0, 0.1) is 0 Å². The van der Waals surface area contributed by atoms with E-state index in [2.05, 4.69) is 162 Å². The van der Waals surface area contributed by atoms with Gasteiger partial charge in [-0.3, -0.25) is 4.57 Å². The third kappa shape index (κ3) is 3.67. The Morgan fingerprint density at radius 1 is 0.457 bits per heavy atom. The first-order valence-corrected chi connectivity index (χ1v) is 16.5. The first-order chi connectivity index (χ1) is 22.8. The molecule has 0 aliphatic rings. The average molecular weight is 603 g/mol. The number of hydrogen-bond donors (Lipinski definition) is 0. The van der Waals surface area contributed by atoms with Crippen LogP contribution in [0.1, 0.15) is 0 Å². The first kappa shape index (κ1) is 25.5. The zero-order valence-electron chi connectivity index (χ0n) is 24.8. The van der Waals surface area contributed by atoms with Gasteiger partial charge in [-0.25, -0.2) is 4.98 Å². The molecular weight excluding hydrogens is 577 g/mol. The number of rotatable bonds is 3. The SMILES string of the molecule is c1ccc(-c2ccc(-c3cc(-n4c5ccccc5c5c6ccccc6c6c7ccccc7sc6c54)nc4ccccc34)cc2)cc1. The maximum Gasteiger partial charge on any atom is 0.138 e. The van der Waals surface area contributed by atoms with Crippen LogP contribution in [0.5, 0.6) is 0 Å². The smallest absolute Gasteiger partial charge is 0.138 e. The summed E-state index contributed by atoms with van der Waals surface area (Å²) in [7, 11) is 0.